The van der Waals surface area contributed by atoms with E-state index in [9.17, 15) is 9.59 Å². The number of carbonyl (C=O) groups is 2. The fourth-order valence-electron chi connectivity index (χ4n) is 1.87. The molecular weight excluding hydrogens is 286 g/mol. The van der Waals surface area contributed by atoms with E-state index >= 15 is 0 Å². The van der Waals surface area contributed by atoms with Gasteiger partial charge in [0, 0.05) is 12.4 Å². The molecule has 5 heteroatoms. The van der Waals surface area contributed by atoms with Crippen LogP contribution in [0, 0.1) is 0 Å². The molecule has 1 aromatic carbocycles. The van der Waals surface area contributed by atoms with Crippen LogP contribution < -0.4 is 0 Å². The van der Waals surface area contributed by atoms with Crippen molar-refractivity contribution < 1.29 is 15.8 Å². The van der Waals surface area contributed by atoms with Gasteiger partial charge in [-0.05, 0) is 34.5 Å². The third-order valence-electron chi connectivity index (χ3n) is 2.59. The number of fused-ring (bicyclic) bond motifs is 1. The van der Waals surface area contributed by atoms with E-state index in [2.05, 4.69) is 15.9 Å². The number of amides is 1. The number of rotatable bonds is 3. The summed E-state index contributed by atoms with van der Waals surface area (Å²) in [7, 11) is 0. The summed E-state index contributed by atoms with van der Waals surface area (Å²) in [4.78, 5) is 24.9. The Morgan fingerprint density at radius 2 is 2.35 bits per heavy atom. The molecule has 0 saturated carbocycles. The van der Waals surface area contributed by atoms with E-state index in [-0.39, 0.29) is 19.8 Å². The highest BCUT2D eigenvalue weighted by atomic mass is 79.9. The van der Waals surface area contributed by atoms with Crippen LogP contribution >= 0.6 is 15.9 Å². The molecule has 0 aliphatic carbocycles. The third kappa shape index (κ3) is 2.34. The molecule has 92 valence electrons. The average molecular weight is 300 g/mol. The number of hydrogen-bond donors (Lipinski definition) is 0. The van der Waals surface area contributed by atoms with Gasteiger partial charge in [-0.15, -0.1) is 0 Å². The Morgan fingerprint density at radius 3 is 3.00 bits per heavy atom. The Bertz CT molecular complexity index is 478. The van der Waals surface area contributed by atoms with E-state index in [1.807, 2.05) is 18.2 Å². The number of nitrogens with zero attached hydrogens (tertiary/aromatic N) is 1. The molecule has 1 aliphatic heterocycles. The Hall–Kier alpha value is -1.36. The van der Waals surface area contributed by atoms with Crippen LogP contribution in [0.4, 0.5) is 0 Å². The molecule has 0 bridgehead atoms. The monoisotopic (exact) mass is 299 g/mol. The highest BCUT2D eigenvalue weighted by molar-refractivity contribution is 9.10. The Morgan fingerprint density at radius 1 is 1.59 bits per heavy atom. The third-order valence-corrected chi connectivity index (χ3v) is 3.25. The lowest BCUT2D eigenvalue weighted by molar-refractivity contribution is -0.143. The smallest absolute Gasteiger partial charge is 0.325 e. The number of hydrogen-bond acceptors (Lipinski definition) is 3. The fourth-order valence-corrected chi connectivity index (χ4v) is 2.44. The van der Waals surface area contributed by atoms with Gasteiger partial charge >= 0.3 is 5.97 Å². The fraction of sp³-hybridized carbons (Fsp3) is 0.333. The maximum absolute atomic E-state index is 12.0. The summed E-state index contributed by atoms with van der Waals surface area (Å²) in [5, 5.41) is 0. The van der Waals surface area contributed by atoms with Gasteiger partial charge in [0.1, 0.15) is 6.54 Å². The van der Waals surface area contributed by atoms with Gasteiger partial charge in [0.25, 0.3) is 5.91 Å². The molecule has 0 radical (unpaired) electrons. The molecule has 0 fully saturated rings. The van der Waals surface area contributed by atoms with Crippen LogP contribution in [0.5, 0.6) is 0 Å². The molecule has 0 aromatic heterocycles. The summed E-state index contributed by atoms with van der Waals surface area (Å²) >= 11 is 3.35. The second-order valence-corrected chi connectivity index (χ2v) is 4.59. The van der Waals surface area contributed by atoms with Crippen molar-refractivity contribution >= 4 is 27.8 Å². The summed E-state index contributed by atoms with van der Waals surface area (Å²) in [5.41, 5.74) is 1.59. The van der Waals surface area contributed by atoms with Crippen molar-refractivity contribution in [2.45, 2.75) is 13.5 Å². The van der Waals surface area contributed by atoms with Crippen molar-refractivity contribution in [3.8, 4) is 0 Å². The Kier molecular flexibility index (Phi) is 3.47. The molecule has 0 saturated heterocycles. The number of esters is 1. The zero-order valence-electron chi connectivity index (χ0n) is 9.40. The minimum Gasteiger partial charge on any atom is -0.465 e. The lowest BCUT2D eigenvalue weighted by atomic mass is 10.1. The topological polar surface area (TPSA) is 46.6 Å². The molecule has 0 atom stereocenters. The van der Waals surface area contributed by atoms with Crippen LogP contribution in [-0.2, 0) is 16.1 Å². The van der Waals surface area contributed by atoms with Crippen molar-refractivity contribution in [2.75, 3.05) is 13.2 Å². The van der Waals surface area contributed by atoms with Crippen LogP contribution in [0.15, 0.2) is 22.7 Å². The van der Waals surface area contributed by atoms with Crippen LogP contribution in [0.3, 0.4) is 0 Å². The molecule has 1 heterocycles. The van der Waals surface area contributed by atoms with E-state index in [0.717, 1.165) is 10.0 Å². The Balaban J connectivity index is 0.00000162. The highest BCUT2D eigenvalue weighted by Crippen LogP contribution is 2.29. The van der Waals surface area contributed by atoms with Gasteiger partial charge in [-0.3, -0.25) is 9.59 Å². The zero-order chi connectivity index (χ0) is 12.4. The first-order chi connectivity index (χ1) is 8.13. The molecule has 17 heavy (non-hydrogen) atoms. The summed E-state index contributed by atoms with van der Waals surface area (Å²) in [6.45, 7) is 2.55. The largest absolute Gasteiger partial charge is 0.465 e. The van der Waals surface area contributed by atoms with Gasteiger partial charge < -0.3 is 9.64 Å². The second kappa shape index (κ2) is 4.87. The lowest BCUT2D eigenvalue weighted by Crippen LogP contribution is -2.31. The number of halogens is 1. The van der Waals surface area contributed by atoms with Crippen molar-refractivity contribution in [3.63, 3.8) is 0 Å². The van der Waals surface area contributed by atoms with Gasteiger partial charge in [0.2, 0.25) is 0 Å². The highest BCUT2D eigenvalue weighted by Gasteiger charge is 2.30. The molecule has 0 spiro atoms. The Labute approximate surface area is 109 Å². The van der Waals surface area contributed by atoms with E-state index in [4.69, 9.17) is 4.74 Å². The number of benzene rings is 1. The van der Waals surface area contributed by atoms with Gasteiger partial charge in [-0.25, -0.2) is 0 Å². The van der Waals surface area contributed by atoms with Gasteiger partial charge in [0.15, 0.2) is 0 Å². The molecule has 1 amide bonds. The van der Waals surface area contributed by atoms with E-state index in [1.165, 1.54) is 4.90 Å². The van der Waals surface area contributed by atoms with Crippen LogP contribution in [0.2, 0.25) is 0 Å². The first-order valence-corrected chi connectivity index (χ1v) is 6.15. The predicted molar refractivity (Wildman–Crippen MR) is 67.6 cm³/mol. The van der Waals surface area contributed by atoms with Crippen LogP contribution in [0.1, 0.15) is 24.3 Å². The molecule has 2 rings (SSSR count). The maximum Gasteiger partial charge on any atom is 0.325 e. The van der Waals surface area contributed by atoms with Crippen molar-refractivity contribution in [1.82, 2.24) is 4.90 Å². The van der Waals surface area contributed by atoms with Gasteiger partial charge in [0.05, 0.1) is 12.2 Å². The van der Waals surface area contributed by atoms with Crippen molar-refractivity contribution in [3.05, 3.63) is 33.8 Å². The molecular formula is C12H14BrNO3. The molecule has 0 unspecified atom stereocenters. The number of carbonyl (C=O) groups excluding carboxylic acids is 2. The molecule has 1 aliphatic rings. The van der Waals surface area contributed by atoms with E-state index in [0.29, 0.717) is 18.7 Å². The normalized spacial score (nSPS) is 13.8. The maximum atomic E-state index is 12.0. The van der Waals surface area contributed by atoms with Crippen molar-refractivity contribution in [1.29, 1.82) is 0 Å². The number of ether oxygens (including phenoxy) is 1. The molecule has 4 nitrogen and oxygen atoms in total. The lowest BCUT2D eigenvalue weighted by Gasteiger charge is -2.13. The molecule has 1 aromatic rings. The first kappa shape index (κ1) is 12.1. The first-order valence-electron chi connectivity index (χ1n) is 5.35. The summed E-state index contributed by atoms with van der Waals surface area (Å²) in [6.07, 6.45) is 0. The minimum absolute atomic E-state index is 0. The molecule has 0 N–H and O–H groups in total. The van der Waals surface area contributed by atoms with Crippen LogP contribution in [-0.4, -0.2) is 29.9 Å². The second-order valence-electron chi connectivity index (χ2n) is 3.74. The van der Waals surface area contributed by atoms with E-state index in [1.54, 1.807) is 6.92 Å². The standard InChI is InChI=1S/C12H12BrNO3.H2/c1-2-17-10(15)7-14-6-8-4-3-5-9(13)11(8)12(14)16;/h3-5H,2,6-7H2,1H3;1H. The predicted octanol–water partition coefficient (Wildman–Crippen LogP) is 2.21. The SMILES string of the molecule is CCOC(=O)CN1Cc2cccc(Br)c2C1=O.[HH]. The summed E-state index contributed by atoms with van der Waals surface area (Å²) in [5.74, 6) is -0.495. The minimum atomic E-state index is -0.371. The van der Waals surface area contributed by atoms with Gasteiger partial charge in [-0.2, -0.15) is 0 Å². The summed E-state index contributed by atoms with van der Waals surface area (Å²) < 4.78 is 5.61. The quantitative estimate of drug-likeness (QED) is 0.804. The van der Waals surface area contributed by atoms with Crippen LogP contribution in [0.25, 0.3) is 0 Å². The van der Waals surface area contributed by atoms with E-state index < -0.39 is 0 Å². The average Bonchev–Trinajstić information content (AvgIpc) is 2.57. The van der Waals surface area contributed by atoms with Gasteiger partial charge in [-0.1, -0.05) is 12.1 Å². The summed E-state index contributed by atoms with van der Waals surface area (Å²) in [6, 6.07) is 5.60. The van der Waals surface area contributed by atoms with Crippen molar-refractivity contribution in [2.24, 2.45) is 0 Å². The zero-order valence-corrected chi connectivity index (χ0v) is 11.0.